The number of nitrogens with zero attached hydrogens (tertiary/aromatic N) is 1. The number of carbonyl (C=O) groups is 2. The molecule has 176 valence electrons. The number of rotatable bonds is 6. The maximum atomic E-state index is 13.5. The standard InChI is InChI=1S/C27H34FN3O2/c28-22-14-12-20(13-15-22)26(32)30-23-16-10-19(11-17-23)18-31(25-9-5-4-8-24(25)29)27(33)21-6-2-1-3-7-21/h10-17,21,24-25H,1-9,18,29H2,(H,30,32). The highest BCUT2D eigenvalue weighted by Gasteiger charge is 2.34. The van der Waals surface area contributed by atoms with Crippen molar-refractivity contribution >= 4 is 17.5 Å². The first kappa shape index (κ1) is 23.4. The highest BCUT2D eigenvalue weighted by atomic mass is 19.1. The quantitative estimate of drug-likeness (QED) is 0.629. The van der Waals surface area contributed by atoms with Crippen molar-refractivity contribution in [1.29, 1.82) is 0 Å². The lowest BCUT2D eigenvalue weighted by molar-refractivity contribution is -0.141. The minimum Gasteiger partial charge on any atom is -0.334 e. The Kier molecular flexibility index (Phi) is 7.76. The second-order valence-electron chi connectivity index (χ2n) is 9.47. The van der Waals surface area contributed by atoms with E-state index in [1.807, 2.05) is 29.2 Å². The average Bonchev–Trinajstić information content (AvgIpc) is 2.84. The molecule has 0 aromatic heterocycles. The van der Waals surface area contributed by atoms with E-state index in [-0.39, 0.29) is 35.6 Å². The fourth-order valence-corrected chi connectivity index (χ4v) is 5.16. The van der Waals surface area contributed by atoms with E-state index in [0.717, 1.165) is 56.9 Å². The molecule has 0 heterocycles. The van der Waals surface area contributed by atoms with Crippen LogP contribution in [0.2, 0.25) is 0 Å². The van der Waals surface area contributed by atoms with Crippen LogP contribution in [0.1, 0.15) is 73.7 Å². The molecule has 2 aromatic carbocycles. The zero-order chi connectivity index (χ0) is 23.2. The molecule has 2 atom stereocenters. The molecule has 2 aliphatic carbocycles. The Balaban J connectivity index is 1.45. The monoisotopic (exact) mass is 451 g/mol. The van der Waals surface area contributed by atoms with Gasteiger partial charge in [0.05, 0.1) is 0 Å². The van der Waals surface area contributed by atoms with Gasteiger partial charge in [-0.2, -0.15) is 0 Å². The predicted octanol–water partition coefficient (Wildman–Crippen LogP) is 5.26. The normalized spacial score (nSPS) is 21.4. The topological polar surface area (TPSA) is 75.4 Å². The molecule has 0 spiro atoms. The Morgan fingerprint density at radius 1 is 0.879 bits per heavy atom. The van der Waals surface area contributed by atoms with Crippen LogP contribution in [0.25, 0.3) is 0 Å². The van der Waals surface area contributed by atoms with Crippen LogP contribution in [-0.2, 0) is 11.3 Å². The molecule has 0 saturated heterocycles. The van der Waals surface area contributed by atoms with Crippen molar-refractivity contribution in [2.75, 3.05) is 5.32 Å². The molecule has 3 N–H and O–H groups in total. The Labute approximate surface area is 195 Å². The number of hydrogen-bond acceptors (Lipinski definition) is 3. The van der Waals surface area contributed by atoms with Gasteiger partial charge in [-0.25, -0.2) is 4.39 Å². The first-order valence-electron chi connectivity index (χ1n) is 12.2. The molecule has 2 fully saturated rings. The van der Waals surface area contributed by atoms with Crippen LogP contribution in [0.5, 0.6) is 0 Å². The number of carbonyl (C=O) groups excluding carboxylic acids is 2. The molecule has 2 aromatic rings. The van der Waals surface area contributed by atoms with Gasteiger partial charge in [-0.3, -0.25) is 9.59 Å². The van der Waals surface area contributed by atoms with Crippen molar-refractivity contribution < 1.29 is 14.0 Å². The molecule has 33 heavy (non-hydrogen) atoms. The molecule has 6 heteroatoms. The Hall–Kier alpha value is -2.73. The molecule has 5 nitrogen and oxygen atoms in total. The van der Waals surface area contributed by atoms with Crippen LogP contribution >= 0.6 is 0 Å². The van der Waals surface area contributed by atoms with Gasteiger partial charge in [0.2, 0.25) is 5.91 Å². The molecular weight excluding hydrogens is 417 g/mol. The first-order valence-corrected chi connectivity index (χ1v) is 12.2. The van der Waals surface area contributed by atoms with Crippen LogP contribution in [0.3, 0.4) is 0 Å². The molecule has 2 unspecified atom stereocenters. The van der Waals surface area contributed by atoms with Gasteiger partial charge in [0, 0.05) is 35.8 Å². The number of anilines is 1. The number of amides is 2. The van der Waals surface area contributed by atoms with E-state index in [1.54, 1.807) is 0 Å². The van der Waals surface area contributed by atoms with E-state index < -0.39 is 0 Å². The summed E-state index contributed by atoms with van der Waals surface area (Å²) in [5.41, 5.74) is 8.56. The minimum atomic E-state index is -0.374. The third-order valence-electron chi connectivity index (χ3n) is 7.09. The molecule has 2 saturated carbocycles. The molecule has 2 aliphatic rings. The number of nitrogens with two attached hydrogens (primary N) is 1. The summed E-state index contributed by atoms with van der Waals surface area (Å²) in [6.07, 6.45) is 9.60. The van der Waals surface area contributed by atoms with Crippen molar-refractivity contribution in [1.82, 2.24) is 4.90 Å². The molecule has 2 amide bonds. The summed E-state index contributed by atoms with van der Waals surface area (Å²) in [4.78, 5) is 28.0. The summed E-state index contributed by atoms with van der Waals surface area (Å²) in [5, 5.41) is 2.84. The van der Waals surface area contributed by atoms with Gasteiger partial charge in [-0.05, 0) is 67.6 Å². The predicted molar refractivity (Wildman–Crippen MR) is 128 cm³/mol. The van der Waals surface area contributed by atoms with E-state index in [2.05, 4.69) is 5.32 Å². The number of halogens is 1. The Morgan fingerprint density at radius 3 is 2.18 bits per heavy atom. The van der Waals surface area contributed by atoms with Gasteiger partial charge in [-0.15, -0.1) is 0 Å². The van der Waals surface area contributed by atoms with E-state index in [4.69, 9.17) is 5.73 Å². The van der Waals surface area contributed by atoms with Crippen LogP contribution in [-0.4, -0.2) is 28.8 Å². The van der Waals surface area contributed by atoms with Gasteiger partial charge in [0.1, 0.15) is 5.82 Å². The second kappa shape index (κ2) is 10.9. The zero-order valence-electron chi connectivity index (χ0n) is 19.1. The smallest absolute Gasteiger partial charge is 0.255 e. The van der Waals surface area contributed by atoms with E-state index in [9.17, 15) is 14.0 Å². The van der Waals surface area contributed by atoms with Crippen molar-refractivity contribution in [3.8, 4) is 0 Å². The van der Waals surface area contributed by atoms with Crippen LogP contribution in [0, 0.1) is 11.7 Å². The zero-order valence-corrected chi connectivity index (χ0v) is 19.1. The lowest BCUT2D eigenvalue weighted by atomic mass is 9.85. The fraction of sp³-hybridized carbons (Fsp3) is 0.481. The lowest BCUT2D eigenvalue weighted by Crippen LogP contribution is -2.53. The minimum absolute atomic E-state index is 0.0283. The van der Waals surface area contributed by atoms with Crippen LogP contribution in [0.15, 0.2) is 48.5 Å². The number of hydrogen-bond donors (Lipinski definition) is 2. The van der Waals surface area contributed by atoms with Gasteiger partial charge >= 0.3 is 0 Å². The summed E-state index contributed by atoms with van der Waals surface area (Å²) in [6, 6.07) is 13.2. The SMILES string of the molecule is NC1CCCCC1N(Cc1ccc(NC(=O)c2ccc(F)cc2)cc1)C(=O)C1CCCCC1. The molecule has 0 aliphatic heterocycles. The molecular formula is C27H34FN3O2. The maximum Gasteiger partial charge on any atom is 0.255 e. The lowest BCUT2D eigenvalue weighted by Gasteiger charge is -2.40. The van der Waals surface area contributed by atoms with Gasteiger partial charge in [0.15, 0.2) is 0 Å². The van der Waals surface area contributed by atoms with Crippen LogP contribution < -0.4 is 11.1 Å². The van der Waals surface area contributed by atoms with Crippen molar-refractivity contribution in [3.63, 3.8) is 0 Å². The van der Waals surface area contributed by atoms with Crippen molar-refractivity contribution in [3.05, 3.63) is 65.5 Å². The summed E-state index contributed by atoms with van der Waals surface area (Å²) >= 11 is 0. The Bertz CT molecular complexity index is 939. The third-order valence-corrected chi connectivity index (χ3v) is 7.09. The molecule has 0 radical (unpaired) electrons. The second-order valence-corrected chi connectivity index (χ2v) is 9.47. The fourth-order valence-electron chi connectivity index (χ4n) is 5.16. The van der Waals surface area contributed by atoms with E-state index in [0.29, 0.717) is 17.8 Å². The number of nitrogens with one attached hydrogen (secondary N) is 1. The van der Waals surface area contributed by atoms with Crippen LogP contribution in [0.4, 0.5) is 10.1 Å². The summed E-state index contributed by atoms with van der Waals surface area (Å²) in [7, 11) is 0. The van der Waals surface area contributed by atoms with E-state index in [1.165, 1.54) is 30.7 Å². The highest BCUT2D eigenvalue weighted by Crippen LogP contribution is 2.30. The molecule has 4 rings (SSSR count). The summed E-state index contributed by atoms with van der Waals surface area (Å²) in [6.45, 7) is 0.542. The average molecular weight is 452 g/mol. The van der Waals surface area contributed by atoms with Gasteiger partial charge < -0.3 is 16.0 Å². The summed E-state index contributed by atoms with van der Waals surface area (Å²) < 4.78 is 13.1. The van der Waals surface area contributed by atoms with Crippen molar-refractivity contribution in [2.24, 2.45) is 11.7 Å². The first-order chi connectivity index (χ1) is 16.0. The maximum absolute atomic E-state index is 13.5. The Morgan fingerprint density at radius 2 is 1.52 bits per heavy atom. The third kappa shape index (κ3) is 5.99. The largest absolute Gasteiger partial charge is 0.334 e. The van der Waals surface area contributed by atoms with E-state index >= 15 is 0 Å². The van der Waals surface area contributed by atoms with Gasteiger partial charge in [0.25, 0.3) is 5.91 Å². The van der Waals surface area contributed by atoms with Crippen molar-refractivity contribution in [2.45, 2.75) is 76.4 Å². The van der Waals surface area contributed by atoms with Gasteiger partial charge in [-0.1, -0.05) is 44.2 Å². The molecule has 0 bridgehead atoms. The summed E-state index contributed by atoms with van der Waals surface area (Å²) in [5.74, 6) is -0.293. The highest BCUT2D eigenvalue weighted by molar-refractivity contribution is 6.04. The number of benzene rings is 2.